The molecule has 0 aromatic heterocycles. The van der Waals surface area contributed by atoms with Gasteiger partial charge in [0.2, 0.25) is 0 Å². The van der Waals surface area contributed by atoms with Crippen LogP contribution in [-0.2, 0) is 11.3 Å². The van der Waals surface area contributed by atoms with Crippen molar-refractivity contribution in [1.29, 1.82) is 0 Å². The summed E-state index contributed by atoms with van der Waals surface area (Å²) in [7, 11) is 0. The lowest BCUT2D eigenvalue weighted by Gasteiger charge is -2.41. The van der Waals surface area contributed by atoms with Gasteiger partial charge in [0.1, 0.15) is 5.78 Å². The first-order valence-corrected chi connectivity index (χ1v) is 8.56. The SMILES string of the molecule is Cc1ccc(CN2CCCCC2C2CCCCC2=O)cc1. The summed E-state index contributed by atoms with van der Waals surface area (Å²) in [4.78, 5) is 14.9. The van der Waals surface area contributed by atoms with Crippen LogP contribution in [0.1, 0.15) is 56.1 Å². The molecular formula is C19H27NO. The first kappa shape index (κ1) is 14.8. The van der Waals surface area contributed by atoms with Crippen LogP contribution >= 0.6 is 0 Å². The minimum atomic E-state index is 0.310. The Hall–Kier alpha value is -1.15. The second kappa shape index (κ2) is 6.74. The van der Waals surface area contributed by atoms with Crippen LogP contribution < -0.4 is 0 Å². The Morgan fingerprint density at radius 3 is 2.57 bits per heavy atom. The molecule has 0 N–H and O–H groups in total. The van der Waals surface area contributed by atoms with Gasteiger partial charge in [-0.3, -0.25) is 9.69 Å². The lowest BCUT2D eigenvalue weighted by atomic mass is 9.79. The molecule has 2 aliphatic rings. The average Bonchev–Trinajstić information content (AvgIpc) is 2.51. The van der Waals surface area contributed by atoms with E-state index in [-0.39, 0.29) is 0 Å². The normalized spacial score (nSPS) is 27.8. The van der Waals surface area contributed by atoms with Gasteiger partial charge >= 0.3 is 0 Å². The number of likely N-dealkylation sites (tertiary alicyclic amines) is 1. The van der Waals surface area contributed by atoms with Crippen molar-refractivity contribution in [1.82, 2.24) is 4.90 Å². The van der Waals surface area contributed by atoms with Gasteiger partial charge in [0, 0.05) is 24.9 Å². The summed E-state index contributed by atoms with van der Waals surface area (Å²) in [6.45, 7) is 4.30. The van der Waals surface area contributed by atoms with Gasteiger partial charge in [0.15, 0.2) is 0 Å². The lowest BCUT2D eigenvalue weighted by molar-refractivity contribution is -0.127. The van der Waals surface area contributed by atoms with Crippen molar-refractivity contribution in [3.8, 4) is 0 Å². The van der Waals surface area contributed by atoms with Crippen LogP contribution in [0.15, 0.2) is 24.3 Å². The quantitative estimate of drug-likeness (QED) is 0.833. The van der Waals surface area contributed by atoms with Crippen molar-refractivity contribution in [2.24, 2.45) is 5.92 Å². The smallest absolute Gasteiger partial charge is 0.137 e. The van der Waals surface area contributed by atoms with Gasteiger partial charge in [-0.15, -0.1) is 0 Å². The number of rotatable bonds is 3. The van der Waals surface area contributed by atoms with Crippen LogP contribution in [0.25, 0.3) is 0 Å². The highest BCUT2D eigenvalue weighted by molar-refractivity contribution is 5.82. The first-order valence-electron chi connectivity index (χ1n) is 8.56. The van der Waals surface area contributed by atoms with Gasteiger partial charge in [0.25, 0.3) is 0 Å². The maximum atomic E-state index is 12.3. The van der Waals surface area contributed by atoms with Gasteiger partial charge in [0.05, 0.1) is 0 Å². The molecule has 0 bridgehead atoms. The van der Waals surface area contributed by atoms with E-state index in [1.807, 2.05) is 0 Å². The molecule has 1 heterocycles. The van der Waals surface area contributed by atoms with E-state index in [0.717, 1.165) is 32.4 Å². The Bertz CT molecular complexity index is 479. The molecule has 1 saturated carbocycles. The van der Waals surface area contributed by atoms with Crippen molar-refractivity contribution in [2.75, 3.05) is 6.54 Å². The monoisotopic (exact) mass is 285 g/mol. The molecule has 2 unspecified atom stereocenters. The van der Waals surface area contributed by atoms with Gasteiger partial charge in [-0.2, -0.15) is 0 Å². The fourth-order valence-electron chi connectivity index (χ4n) is 4.01. The van der Waals surface area contributed by atoms with E-state index in [4.69, 9.17) is 0 Å². The van der Waals surface area contributed by atoms with E-state index in [1.54, 1.807) is 0 Å². The summed E-state index contributed by atoms with van der Waals surface area (Å²) in [6, 6.07) is 9.36. The number of hydrogen-bond donors (Lipinski definition) is 0. The molecule has 21 heavy (non-hydrogen) atoms. The van der Waals surface area contributed by atoms with Crippen molar-refractivity contribution >= 4 is 5.78 Å². The lowest BCUT2D eigenvalue weighted by Crippen LogP contribution is -2.46. The van der Waals surface area contributed by atoms with Crippen LogP contribution in [0.2, 0.25) is 0 Å². The number of carbonyl (C=O) groups excluding carboxylic acids is 1. The zero-order valence-electron chi connectivity index (χ0n) is 13.2. The number of hydrogen-bond acceptors (Lipinski definition) is 2. The molecule has 1 aliphatic carbocycles. The van der Waals surface area contributed by atoms with Crippen molar-refractivity contribution in [3.05, 3.63) is 35.4 Å². The maximum absolute atomic E-state index is 12.3. The van der Waals surface area contributed by atoms with Gasteiger partial charge < -0.3 is 0 Å². The van der Waals surface area contributed by atoms with E-state index < -0.39 is 0 Å². The fourth-order valence-corrected chi connectivity index (χ4v) is 4.01. The van der Waals surface area contributed by atoms with Crippen molar-refractivity contribution in [2.45, 2.75) is 64.5 Å². The van der Waals surface area contributed by atoms with Crippen LogP contribution in [0.4, 0.5) is 0 Å². The highest BCUT2D eigenvalue weighted by Crippen LogP contribution is 2.32. The minimum absolute atomic E-state index is 0.310. The van der Waals surface area contributed by atoms with Crippen LogP contribution in [0.5, 0.6) is 0 Å². The van der Waals surface area contributed by atoms with Gasteiger partial charge in [-0.1, -0.05) is 42.7 Å². The molecule has 2 heteroatoms. The van der Waals surface area contributed by atoms with E-state index >= 15 is 0 Å². The van der Waals surface area contributed by atoms with Crippen LogP contribution in [0.3, 0.4) is 0 Å². The zero-order valence-corrected chi connectivity index (χ0v) is 13.2. The number of Topliss-reactive ketones (excluding diaryl/α,β-unsaturated/α-hetero) is 1. The molecule has 1 aliphatic heterocycles. The van der Waals surface area contributed by atoms with Crippen LogP contribution in [0, 0.1) is 12.8 Å². The van der Waals surface area contributed by atoms with E-state index in [1.165, 1.54) is 36.8 Å². The third-order valence-corrected chi connectivity index (χ3v) is 5.24. The summed E-state index contributed by atoms with van der Waals surface area (Å²) >= 11 is 0. The molecule has 2 nitrogen and oxygen atoms in total. The summed E-state index contributed by atoms with van der Waals surface area (Å²) in [6.07, 6.45) is 8.07. The Kier molecular flexibility index (Phi) is 4.74. The Morgan fingerprint density at radius 1 is 1.05 bits per heavy atom. The van der Waals surface area contributed by atoms with E-state index in [2.05, 4.69) is 36.1 Å². The van der Waals surface area contributed by atoms with E-state index in [0.29, 0.717) is 17.7 Å². The number of aryl methyl sites for hydroxylation is 1. The number of piperidine rings is 1. The van der Waals surface area contributed by atoms with Crippen molar-refractivity contribution < 1.29 is 4.79 Å². The highest BCUT2D eigenvalue weighted by Gasteiger charge is 2.35. The number of carbonyl (C=O) groups is 1. The molecule has 0 spiro atoms. The van der Waals surface area contributed by atoms with E-state index in [9.17, 15) is 4.79 Å². The third-order valence-electron chi connectivity index (χ3n) is 5.24. The maximum Gasteiger partial charge on any atom is 0.137 e. The van der Waals surface area contributed by atoms with Crippen LogP contribution in [-0.4, -0.2) is 23.3 Å². The Labute approximate surface area is 128 Å². The highest BCUT2D eigenvalue weighted by atomic mass is 16.1. The molecule has 2 atom stereocenters. The fraction of sp³-hybridized carbons (Fsp3) is 0.632. The standard InChI is InChI=1S/C19H27NO/c1-15-9-11-16(12-10-15)14-20-13-5-4-7-18(20)17-6-2-3-8-19(17)21/h9-12,17-18H,2-8,13-14H2,1H3. The van der Waals surface area contributed by atoms with Gasteiger partial charge in [-0.25, -0.2) is 0 Å². The predicted octanol–water partition coefficient (Wildman–Crippen LogP) is 4.11. The number of ketones is 1. The largest absolute Gasteiger partial charge is 0.299 e. The molecule has 1 saturated heterocycles. The van der Waals surface area contributed by atoms with Crippen molar-refractivity contribution in [3.63, 3.8) is 0 Å². The molecule has 114 valence electrons. The molecule has 1 aromatic rings. The Balaban J connectivity index is 1.71. The van der Waals surface area contributed by atoms with Gasteiger partial charge in [-0.05, 0) is 44.7 Å². The molecular weight excluding hydrogens is 258 g/mol. The average molecular weight is 285 g/mol. The number of nitrogens with zero attached hydrogens (tertiary/aromatic N) is 1. The molecule has 2 fully saturated rings. The molecule has 1 aromatic carbocycles. The second-order valence-electron chi connectivity index (χ2n) is 6.84. The number of benzene rings is 1. The predicted molar refractivity (Wildman–Crippen MR) is 86.2 cm³/mol. The minimum Gasteiger partial charge on any atom is -0.299 e. The first-order chi connectivity index (χ1) is 10.2. The zero-order chi connectivity index (χ0) is 14.7. The molecule has 0 radical (unpaired) electrons. The second-order valence-corrected chi connectivity index (χ2v) is 6.84. The summed E-state index contributed by atoms with van der Waals surface area (Å²) in [5.41, 5.74) is 2.70. The summed E-state index contributed by atoms with van der Waals surface area (Å²) in [5, 5.41) is 0. The topological polar surface area (TPSA) is 20.3 Å². The molecule has 3 rings (SSSR count). The summed E-state index contributed by atoms with van der Waals surface area (Å²) in [5.74, 6) is 0.839. The molecule has 0 amide bonds. The Morgan fingerprint density at radius 2 is 1.81 bits per heavy atom. The third kappa shape index (κ3) is 3.55. The summed E-state index contributed by atoms with van der Waals surface area (Å²) < 4.78 is 0.